The molecule has 0 N–H and O–H groups in total. The number of thioether (sulfide) groups is 1. The number of hydrogen-bond acceptors (Lipinski definition) is 3. The third-order valence-corrected chi connectivity index (χ3v) is 3.14. The van der Waals surface area contributed by atoms with Crippen LogP contribution in [-0.4, -0.2) is 16.7 Å². The Kier molecular flexibility index (Phi) is 5.45. The van der Waals surface area contributed by atoms with Crippen LogP contribution in [0.4, 0.5) is 0 Å². The predicted octanol–water partition coefficient (Wildman–Crippen LogP) is 3.84. The van der Waals surface area contributed by atoms with Gasteiger partial charge in [0.2, 0.25) is 0 Å². The zero-order valence-corrected chi connectivity index (χ0v) is 11.3. The van der Waals surface area contributed by atoms with Gasteiger partial charge in [0, 0.05) is 18.2 Å². The Morgan fingerprint density at radius 2 is 2.06 bits per heavy atom. The third-order valence-electron chi connectivity index (χ3n) is 2.07. The molecule has 0 aliphatic heterocycles. The van der Waals surface area contributed by atoms with Crippen LogP contribution >= 0.6 is 23.4 Å². The van der Waals surface area contributed by atoms with Gasteiger partial charge in [-0.25, -0.2) is 0 Å². The number of ketones is 1. The van der Waals surface area contributed by atoms with E-state index >= 15 is 0 Å². The van der Waals surface area contributed by atoms with Gasteiger partial charge in [-0.2, -0.15) is 0 Å². The smallest absolute Gasteiger partial charge is 0.186 e. The average Bonchev–Trinajstić information content (AvgIpc) is 2.23. The molecule has 0 radical (unpaired) electrons. The van der Waals surface area contributed by atoms with Gasteiger partial charge in [0.1, 0.15) is 0 Å². The van der Waals surface area contributed by atoms with Crippen molar-refractivity contribution < 1.29 is 9.59 Å². The summed E-state index contributed by atoms with van der Waals surface area (Å²) in [4.78, 5) is 21.9. The second-order valence-electron chi connectivity index (χ2n) is 3.50. The van der Waals surface area contributed by atoms with E-state index < -0.39 is 0 Å². The molecule has 1 rings (SSSR count). The Labute approximate surface area is 110 Å². The maximum Gasteiger partial charge on any atom is 0.186 e. The van der Waals surface area contributed by atoms with Crippen LogP contribution in [0.2, 0.25) is 5.02 Å². The number of rotatable bonds is 4. The molecule has 4 heteroatoms. The monoisotopic (exact) mass is 268 g/mol. The maximum atomic E-state index is 11.2. The first kappa shape index (κ1) is 14.0. The van der Waals surface area contributed by atoms with Gasteiger partial charge in [-0.05, 0) is 24.6 Å². The molecule has 0 unspecified atom stereocenters. The molecule has 1 aromatic carbocycles. The van der Waals surface area contributed by atoms with Gasteiger partial charge in [-0.15, -0.1) is 0 Å². The highest BCUT2D eigenvalue weighted by atomic mass is 35.5. The number of benzene rings is 1. The van der Waals surface area contributed by atoms with Gasteiger partial charge in [0.25, 0.3) is 0 Å². The van der Waals surface area contributed by atoms with Gasteiger partial charge >= 0.3 is 0 Å². The van der Waals surface area contributed by atoms with Crippen molar-refractivity contribution in [3.05, 3.63) is 40.4 Å². The van der Waals surface area contributed by atoms with E-state index in [0.717, 1.165) is 5.56 Å². The van der Waals surface area contributed by atoms with Crippen molar-refractivity contribution in [1.29, 1.82) is 0 Å². The molecule has 90 valence electrons. The fourth-order valence-corrected chi connectivity index (χ4v) is 2.02. The van der Waals surface area contributed by atoms with Crippen molar-refractivity contribution in [1.82, 2.24) is 0 Å². The minimum absolute atomic E-state index is 0.0438. The van der Waals surface area contributed by atoms with Crippen LogP contribution in [0.5, 0.6) is 0 Å². The normalized spacial score (nSPS) is 10.8. The van der Waals surface area contributed by atoms with Crippen molar-refractivity contribution in [3.63, 3.8) is 0 Å². The van der Waals surface area contributed by atoms with Gasteiger partial charge in [0.15, 0.2) is 10.9 Å². The van der Waals surface area contributed by atoms with Crippen LogP contribution in [0, 0.1) is 0 Å². The average molecular weight is 269 g/mol. The van der Waals surface area contributed by atoms with Gasteiger partial charge in [-0.1, -0.05) is 41.6 Å². The van der Waals surface area contributed by atoms with Crippen molar-refractivity contribution in [2.24, 2.45) is 0 Å². The molecule has 0 spiro atoms. The zero-order chi connectivity index (χ0) is 12.8. The highest BCUT2D eigenvalue weighted by Gasteiger charge is 2.04. The number of carbonyl (C=O) groups is 2. The van der Waals surface area contributed by atoms with Crippen LogP contribution in [0.1, 0.15) is 29.8 Å². The lowest BCUT2D eigenvalue weighted by atomic mass is 10.1. The summed E-state index contributed by atoms with van der Waals surface area (Å²) < 4.78 is 0. The first-order valence-electron chi connectivity index (χ1n) is 5.11. The summed E-state index contributed by atoms with van der Waals surface area (Å²) in [6, 6.07) is 5.28. The number of Topliss-reactive ketones (excluding diaryl/α,β-unsaturated/α-hetero) is 1. The van der Waals surface area contributed by atoms with E-state index in [-0.39, 0.29) is 10.9 Å². The molecule has 0 aliphatic carbocycles. The summed E-state index contributed by atoms with van der Waals surface area (Å²) in [5.41, 5.74) is 1.45. The maximum absolute atomic E-state index is 11.2. The quantitative estimate of drug-likeness (QED) is 0.778. The van der Waals surface area contributed by atoms with Crippen molar-refractivity contribution in [3.8, 4) is 0 Å². The Morgan fingerprint density at radius 3 is 2.59 bits per heavy atom. The molecule has 0 amide bonds. The lowest BCUT2D eigenvalue weighted by molar-refractivity contribution is -0.109. The van der Waals surface area contributed by atoms with Crippen LogP contribution in [0.25, 0.3) is 6.08 Å². The van der Waals surface area contributed by atoms with E-state index in [1.54, 1.807) is 12.1 Å². The summed E-state index contributed by atoms with van der Waals surface area (Å²) in [7, 11) is 0. The Balaban J connectivity index is 2.70. The van der Waals surface area contributed by atoms with Crippen LogP contribution in [-0.2, 0) is 4.79 Å². The zero-order valence-electron chi connectivity index (χ0n) is 9.70. The van der Waals surface area contributed by atoms with E-state index in [1.165, 1.54) is 25.6 Å². The second kappa shape index (κ2) is 6.62. The van der Waals surface area contributed by atoms with E-state index in [9.17, 15) is 9.59 Å². The summed E-state index contributed by atoms with van der Waals surface area (Å²) in [5.74, 6) is 0.596. The predicted molar refractivity (Wildman–Crippen MR) is 73.6 cm³/mol. The molecule has 17 heavy (non-hydrogen) atoms. The molecular formula is C13H13ClO2S. The molecule has 2 nitrogen and oxygen atoms in total. The lowest BCUT2D eigenvalue weighted by Crippen LogP contribution is -1.93. The van der Waals surface area contributed by atoms with Crippen molar-refractivity contribution >= 4 is 40.3 Å². The summed E-state index contributed by atoms with van der Waals surface area (Å²) in [6.07, 6.45) is 3.77. The largest absolute Gasteiger partial charge is 0.294 e. The van der Waals surface area contributed by atoms with E-state index in [0.29, 0.717) is 16.3 Å². The van der Waals surface area contributed by atoms with Crippen LogP contribution in [0.3, 0.4) is 0 Å². The van der Waals surface area contributed by atoms with Crippen molar-refractivity contribution in [2.45, 2.75) is 13.8 Å². The topological polar surface area (TPSA) is 34.1 Å². The second-order valence-corrected chi connectivity index (χ2v) is 5.10. The van der Waals surface area contributed by atoms with Gasteiger partial charge < -0.3 is 0 Å². The molecule has 0 bridgehead atoms. The molecule has 0 saturated carbocycles. The van der Waals surface area contributed by atoms with E-state index in [2.05, 4.69) is 0 Å². The molecule has 1 aromatic rings. The summed E-state index contributed by atoms with van der Waals surface area (Å²) >= 11 is 7.22. The lowest BCUT2D eigenvalue weighted by Gasteiger charge is -2.01. The number of halogens is 1. The molecule has 0 atom stereocenters. The minimum Gasteiger partial charge on any atom is -0.294 e. The molecular weight excluding hydrogens is 256 g/mol. The molecule has 0 saturated heterocycles. The van der Waals surface area contributed by atoms with Gasteiger partial charge in [-0.3, -0.25) is 9.59 Å². The molecule has 0 aromatic heterocycles. The van der Waals surface area contributed by atoms with Gasteiger partial charge in [0.05, 0.1) is 5.02 Å². The highest BCUT2D eigenvalue weighted by molar-refractivity contribution is 8.13. The first-order valence-corrected chi connectivity index (χ1v) is 6.47. The van der Waals surface area contributed by atoms with Crippen LogP contribution in [0.15, 0.2) is 24.3 Å². The standard InChI is InChI=1S/C13H13ClO2S/c1-9(15)12-6-5-11(8-13(12)14)4-3-7-17-10(2)16/h3-6,8H,7H2,1-2H3. The van der Waals surface area contributed by atoms with Crippen LogP contribution < -0.4 is 0 Å². The Hall–Kier alpha value is -1.06. The fourth-order valence-electron chi connectivity index (χ4n) is 1.27. The Morgan fingerprint density at radius 1 is 1.35 bits per heavy atom. The first-order chi connectivity index (χ1) is 8.00. The van der Waals surface area contributed by atoms with E-state index in [1.807, 2.05) is 18.2 Å². The summed E-state index contributed by atoms with van der Waals surface area (Å²) in [5, 5.41) is 0.554. The molecule has 0 aliphatic rings. The number of carbonyl (C=O) groups excluding carboxylic acids is 2. The van der Waals surface area contributed by atoms with Crippen molar-refractivity contribution in [2.75, 3.05) is 5.75 Å². The third kappa shape index (κ3) is 4.75. The summed E-state index contributed by atoms with van der Waals surface area (Å²) in [6.45, 7) is 3.03. The SMILES string of the molecule is CC(=O)SCC=Cc1ccc(C(C)=O)c(Cl)c1. The Bertz CT molecular complexity index is 466. The number of hydrogen-bond donors (Lipinski definition) is 0. The molecule has 0 fully saturated rings. The van der Waals surface area contributed by atoms with E-state index in [4.69, 9.17) is 11.6 Å². The fraction of sp³-hybridized carbons (Fsp3) is 0.231. The highest BCUT2D eigenvalue weighted by Crippen LogP contribution is 2.19. The minimum atomic E-state index is -0.0438. The molecule has 0 heterocycles.